The van der Waals surface area contributed by atoms with Gasteiger partial charge in [-0.3, -0.25) is 4.40 Å². The summed E-state index contributed by atoms with van der Waals surface area (Å²) < 4.78 is 2.85. The Balaban J connectivity index is 2.04. The van der Waals surface area contributed by atoms with Crippen molar-refractivity contribution < 1.29 is 0 Å². The molecule has 0 aliphatic carbocycles. The van der Waals surface area contributed by atoms with Crippen LogP contribution in [-0.4, -0.2) is 19.4 Å². The van der Waals surface area contributed by atoms with Crippen molar-refractivity contribution in [2.45, 2.75) is 26.8 Å². The van der Waals surface area contributed by atoms with Crippen molar-refractivity contribution in [2.75, 3.05) is 11.1 Å². The Morgan fingerprint density at radius 1 is 1.30 bits per heavy atom. The molecule has 140 valence electrons. The first-order valence-corrected chi connectivity index (χ1v) is 9.69. The second-order valence-corrected chi connectivity index (χ2v) is 7.16. The minimum absolute atomic E-state index is 0.260. The van der Waals surface area contributed by atoms with Crippen molar-refractivity contribution in [3.63, 3.8) is 0 Å². The van der Waals surface area contributed by atoms with Crippen molar-refractivity contribution in [1.29, 1.82) is 0 Å². The number of nitrogens with zero attached hydrogens (tertiary/aromatic N) is 4. The van der Waals surface area contributed by atoms with E-state index in [1.807, 2.05) is 36.6 Å². The first-order valence-electron chi connectivity index (χ1n) is 8.52. The van der Waals surface area contributed by atoms with Crippen LogP contribution >= 0.6 is 27.5 Å². The van der Waals surface area contributed by atoms with E-state index in [9.17, 15) is 0 Å². The predicted molar refractivity (Wildman–Crippen MR) is 115 cm³/mol. The summed E-state index contributed by atoms with van der Waals surface area (Å²) in [7, 11) is 0. The molecule has 3 N–H and O–H groups in total. The lowest BCUT2D eigenvalue weighted by molar-refractivity contribution is 1.05. The minimum Gasteiger partial charge on any atom is -0.378 e. The molecule has 0 saturated carbocycles. The van der Waals surface area contributed by atoms with Gasteiger partial charge >= 0.3 is 0 Å². The number of rotatable bonds is 6. The molecule has 0 spiro atoms. The number of allylic oxidation sites excluding steroid dienone is 4. The molecule has 6 nitrogen and oxygen atoms in total. The Kier molecular flexibility index (Phi) is 6.13. The van der Waals surface area contributed by atoms with E-state index < -0.39 is 0 Å². The van der Waals surface area contributed by atoms with Gasteiger partial charge in [0.25, 0.3) is 0 Å². The Labute approximate surface area is 171 Å². The van der Waals surface area contributed by atoms with Crippen LogP contribution in [0.15, 0.2) is 52.6 Å². The summed E-state index contributed by atoms with van der Waals surface area (Å²) >= 11 is 10.0. The highest BCUT2D eigenvalue weighted by Crippen LogP contribution is 2.30. The van der Waals surface area contributed by atoms with Crippen molar-refractivity contribution in [1.82, 2.24) is 19.4 Å². The van der Waals surface area contributed by atoms with Crippen LogP contribution in [0.2, 0.25) is 0 Å². The van der Waals surface area contributed by atoms with E-state index in [0.717, 1.165) is 44.1 Å². The molecule has 27 heavy (non-hydrogen) atoms. The number of anilines is 2. The summed E-state index contributed by atoms with van der Waals surface area (Å²) in [4.78, 5) is 12.5. The molecule has 0 unspecified atom stereocenters. The van der Waals surface area contributed by atoms with Gasteiger partial charge in [-0.1, -0.05) is 30.7 Å². The molecular formula is C19H20BrClN6. The van der Waals surface area contributed by atoms with E-state index in [2.05, 4.69) is 42.3 Å². The van der Waals surface area contributed by atoms with Gasteiger partial charge in [0.1, 0.15) is 4.60 Å². The van der Waals surface area contributed by atoms with Crippen molar-refractivity contribution >= 4 is 50.4 Å². The molecule has 3 aromatic rings. The molecule has 0 amide bonds. The molecule has 0 saturated heterocycles. The highest BCUT2D eigenvalue weighted by molar-refractivity contribution is 9.10. The average molecular weight is 448 g/mol. The molecule has 3 rings (SSSR count). The molecule has 0 fully saturated rings. The van der Waals surface area contributed by atoms with E-state index in [-0.39, 0.29) is 5.95 Å². The van der Waals surface area contributed by atoms with E-state index in [0.29, 0.717) is 6.54 Å². The maximum atomic E-state index is 6.49. The van der Waals surface area contributed by atoms with Crippen LogP contribution in [0.4, 0.5) is 11.6 Å². The molecule has 0 radical (unpaired) electrons. The first-order chi connectivity index (χ1) is 13.0. The number of nitrogen functional groups attached to an aromatic ring is 1. The summed E-state index contributed by atoms with van der Waals surface area (Å²) in [5.74, 6) is 0.260. The van der Waals surface area contributed by atoms with Gasteiger partial charge < -0.3 is 11.1 Å². The fraction of sp³-hybridized carbons (Fsp3) is 0.211. The van der Waals surface area contributed by atoms with Crippen LogP contribution < -0.4 is 11.1 Å². The van der Waals surface area contributed by atoms with Gasteiger partial charge in [-0.2, -0.15) is 0 Å². The standard InChI is InChI=1S/C19H20BrClN6/c1-3-5-14(15(21)4-2)13-6-16(18-24-10-17(20)27(18)11-13)23-7-12-8-25-19(22)26-9-12/h3,5-6,8-11,23H,4,7H2,1-2H3,(H2,22,25,26)/b5-3-,15-14-. The molecule has 3 aromatic heterocycles. The van der Waals surface area contributed by atoms with Crippen molar-refractivity contribution in [2.24, 2.45) is 0 Å². The largest absolute Gasteiger partial charge is 0.378 e. The van der Waals surface area contributed by atoms with Crippen molar-refractivity contribution in [3.8, 4) is 0 Å². The molecule has 0 aromatic carbocycles. The molecule has 8 heteroatoms. The lowest BCUT2D eigenvalue weighted by Crippen LogP contribution is -2.05. The lowest BCUT2D eigenvalue weighted by Gasteiger charge is -2.13. The normalized spacial score (nSPS) is 12.6. The number of nitrogens with one attached hydrogen (secondary N) is 1. The molecular weight excluding hydrogens is 428 g/mol. The Morgan fingerprint density at radius 3 is 2.70 bits per heavy atom. The fourth-order valence-corrected chi connectivity index (χ4v) is 3.23. The topological polar surface area (TPSA) is 81.1 Å². The third kappa shape index (κ3) is 4.31. The monoisotopic (exact) mass is 446 g/mol. The quantitative estimate of drug-likeness (QED) is 0.519. The van der Waals surface area contributed by atoms with Gasteiger partial charge in [0.2, 0.25) is 5.95 Å². The number of hydrogen-bond donors (Lipinski definition) is 2. The minimum atomic E-state index is 0.260. The van der Waals surface area contributed by atoms with Crippen LogP contribution in [0, 0.1) is 0 Å². The number of halogens is 2. The summed E-state index contributed by atoms with van der Waals surface area (Å²) in [5, 5.41) is 4.22. The van der Waals surface area contributed by atoms with Gasteiger partial charge in [-0.05, 0) is 40.9 Å². The number of fused-ring (bicyclic) bond motifs is 1. The second kappa shape index (κ2) is 8.54. The molecule has 0 atom stereocenters. The van der Waals surface area contributed by atoms with E-state index in [1.54, 1.807) is 18.6 Å². The smallest absolute Gasteiger partial charge is 0.219 e. The van der Waals surface area contributed by atoms with Crippen LogP contribution in [0.25, 0.3) is 11.2 Å². The maximum Gasteiger partial charge on any atom is 0.219 e. The summed E-state index contributed by atoms with van der Waals surface area (Å²) in [6, 6.07) is 2.06. The number of pyridine rings is 1. The number of aromatic nitrogens is 4. The summed E-state index contributed by atoms with van der Waals surface area (Å²) in [6.07, 6.45) is 12.0. The zero-order chi connectivity index (χ0) is 19.4. The third-order valence-electron chi connectivity index (χ3n) is 4.02. The number of nitrogens with two attached hydrogens (primary N) is 1. The summed E-state index contributed by atoms with van der Waals surface area (Å²) in [5.41, 5.74) is 10.2. The Hall–Kier alpha value is -2.38. The highest BCUT2D eigenvalue weighted by atomic mass is 79.9. The molecule has 0 aliphatic rings. The van der Waals surface area contributed by atoms with Crippen LogP contribution in [0.3, 0.4) is 0 Å². The molecule has 0 aliphatic heterocycles. The fourth-order valence-electron chi connectivity index (χ4n) is 2.69. The third-order valence-corrected chi connectivity index (χ3v) is 5.07. The molecule has 0 bridgehead atoms. The first kappa shape index (κ1) is 19.4. The highest BCUT2D eigenvalue weighted by Gasteiger charge is 2.12. The van der Waals surface area contributed by atoms with Gasteiger partial charge in [-0.25, -0.2) is 15.0 Å². The van der Waals surface area contributed by atoms with Crippen LogP contribution in [0.5, 0.6) is 0 Å². The van der Waals surface area contributed by atoms with Gasteiger partial charge in [0.05, 0.1) is 11.9 Å². The van der Waals surface area contributed by atoms with E-state index in [1.165, 1.54) is 0 Å². The van der Waals surface area contributed by atoms with Crippen LogP contribution in [0.1, 0.15) is 31.4 Å². The number of imidazole rings is 1. The average Bonchev–Trinajstić information content (AvgIpc) is 3.06. The zero-order valence-electron chi connectivity index (χ0n) is 15.1. The predicted octanol–water partition coefficient (Wildman–Crippen LogP) is 5.02. The van der Waals surface area contributed by atoms with Crippen molar-refractivity contribution in [3.05, 3.63) is 63.8 Å². The Morgan fingerprint density at radius 2 is 2.04 bits per heavy atom. The van der Waals surface area contributed by atoms with E-state index >= 15 is 0 Å². The molecule has 3 heterocycles. The SMILES string of the molecule is C/C=C\C(=C(\Cl)CC)c1cc(NCc2cnc(N)nc2)c2ncc(Br)n2c1. The van der Waals surface area contributed by atoms with Crippen LogP contribution in [-0.2, 0) is 6.54 Å². The number of hydrogen-bond acceptors (Lipinski definition) is 5. The second-order valence-electron chi connectivity index (χ2n) is 5.89. The zero-order valence-corrected chi connectivity index (χ0v) is 17.4. The lowest BCUT2D eigenvalue weighted by atomic mass is 10.1. The van der Waals surface area contributed by atoms with Gasteiger partial charge in [0.15, 0.2) is 5.65 Å². The van der Waals surface area contributed by atoms with E-state index in [4.69, 9.17) is 17.3 Å². The Bertz CT molecular complexity index is 1010. The summed E-state index contributed by atoms with van der Waals surface area (Å²) in [6.45, 7) is 4.57. The van der Waals surface area contributed by atoms with Gasteiger partial charge in [0, 0.05) is 41.3 Å². The van der Waals surface area contributed by atoms with Gasteiger partial charge in [-0.15, -0.1) is 0 Å². The maximum absolute atomic E-state index is 6.49.